The van der Waals surface area contributed by atoms with Gasteiger partial charge >= 0.3 is 0 Å². The number of hydrogen-bond acceptors (Lipinski definition) is 4. The predicted molar refractivity (Wildman–Crippen MR) is 145 cm³/mol. The Bertz CT molecular complexity index is 1380. The summed E-state index contributed by atoms with van der Waals surface area (Å²) in [4.78, 5) is 15.2. The van der Waals surface area contributed by atoms with E-state index in [9.17, 15) is 4.79 Å². The molecule has 5 rings (SSSR count). The van der Waals surface area contributed by atoms with Crippen molar-refractivity contribution in [2.24, 2.45) is 5.92 Å². The third kappa shape index (κ3) is 4.72. The maximum atomic E-state index is 12.9. The van der Waals surface area contributed by atoms with E-state index in [4.69, 9.17) is 0 Å². The van der Waals surface area contributed by atoms with Gasteiger partial charge in [0.1, 0.15) is 0 Å². The molecule has 0 bridgehead atoms. The summed E-state index contributed by atoms with van der Waals surface area (Å²) in [5, 5.41) is 14.7. The summed E-state index contributed by atoms with van der Waals surface area (Å²) in [6, 6.07) is 18.9. The van der Waals surface area contributed by atoms with Gasteiger partial charge in [-0.1, -0.05) is 60.2 Å². The number of carbonyl (C=O) groups excluding carboxylic acids is 1. The molecule has 1 fully saturated rings. The summed E-state index contributed by atoms with van der Waals surface area (Å²) < 4.78 is 2.38. The van der Waals surface area contributed by atoms with Gasteiger partial charge in [0.15, 0.2) is 5.82 Å². The number of hydrogen-bond donors (Lipinski definition) is 1. The van der Waals surface area contributed by atoms with Crippen LogP contribution in [0, 0.1) is 33.6 Å². The maximum absolute atomic E-state index is 12.9. The standard InChI is InChI=1S/C30H35N5O/c1-20-9-8-12-25(17-20)18-31-30(36)26-13-15-34(16-14-26)29-28-23(4)35(19-24-10-6-5-7-11-24)22(3)27(28)21(2)32-33-29/h5-12,17,26H,13-16,18-19H2,1-4H3,(H,31,36). The molecule has 6 heteroatoms. The van der Waals surface area contributed by atoms with Crippen molar-refractivity contribution in [1.29, 1.82) is 0 Å². The van der Waals surface area contributed by atoms with Gasteiger partial charge in [-0.25, -0.2) is 0 Å². The fraction of sp³-hybridized carbons (Fsp3) is 0.367. The second-order valence-electron chi connectivity index (χ2n) is 10.1. The molecule has 0 aliphatic carbocycles. The van der Waals surface area contributed by atoms with Crippen molar-refractivity contribution < 1.29 is 4.79 Å². The normalized spacial score (nSPS) is 14.4. The fourth-order valence-electron chi connectivity index (χ4n) is 5.56. The van der Waals surface area contributed by atoms with Crippen molar-refractivity contribution in [2.45, 2.75) is 53.6 Å². The van der Waals surface area contributed by atoms with Gasteiger partial charge in [-0.05, 0) is 51.7 Å². The lowest BCUT2D eigenvalue weighted by Gasteiger charge is -2.32. The van der Waals surface area contributed by atoms with E-state index in [0.717, 1.165) is 49.6 Å². The average Bonchev–Trinajstić information content (AvgIpc) is 3.14. The van der Waals surface area contributed by atoms with Gasteiger partial charge in [0, 0.05) is 54.3 Å². The van der Waals surface area contributed by atoms with Crippen molar-refractivity contribution >= 4 is 22.5 Å². The highest BCUT2D eigenvalue weighted by Gasteiger charge is 2.28. The third-order valence-corrected chi connectivity index (χ3v) is 7.56. The lowest BCUT2D eigenvalue weighted by atomic mass is 9.95. The van der Waals surface area contributed by atoms with Gasteiger partial charge in [-0.2, -0.15) is 5.10 Å². The van der Waals surface area contributed by atoms with E-state index in [1.54, 1.807) is 0 Å². The van der Waals surface area contributed by atoms with Crippen LogP contribution in [-0.4, -0.2) is 33.8 Å². The number of amides is 1. The van der Waals surface area contributed by atoms with Crippen molar-refractivity contribution in [1.82, 2.24) is 20.1 Å². The van der Waals surface area contributed by atoms with Crippen LogP contribution in [-0.2, 0) is 17.9 Å². The van der Waals surface area contributed by atoms with Gasteiger partial charge in [-0.3, -0.25) is 4.79 Å². The average molecular weight is 482 g/mol. The van der Waals surface area contributed by atoms with E-state index < -0.39 is 0 Å². The molecule has 1 amide bonds. The molecule has 4 aromatic rings. The molecular formula is C30H35N5O. The number of aryl methyl sites for hydroxylation is 4. The summed E-state index contributed by atoms with van der Waals surface area (Å²) in [6.45, 7) is 11.5. The number of fused-ring (bicyclic) bond motifs is 1. The first kappa shape index (κ1) is 24.0. The zero-order valence-electron chi connectivity index (χ0n) is 21.7. The minimum absolute atomic E-state index is 0.0328. The van der Waals surface area contributed by atoms with E-state index in [-0.39, 0.29) is 11.8 Å². The zero-order valence-corrected chi connectivity index (χ0v) is 21.7. The number of benzene rings is 2. The molecule has 2 aromatic carbocycles. The van der Waals surface area contributed by atoms with Crippen LogP contribution in [0.15, 0.2) is 54.6 Å². The van der Waals surface area contributed by atoms with Crippen LogP contribution in [0.2, 0.25) is 0 Å². The van der Waals surface area contributed by atoms with Crippen LogP contribution in [0.1, 0.15) is 46.6 Å². The Morgan fingerprint density at radius 1 is 0.889 bits per heavy atom. The van der Waals surface area contributed by atoms with Gasteiger partial charge in [0.05, 0.1) is 5.69 Å². The summed E-state index contributed by atoms with van der Waals surface area (Å²) in [5.74, 6) is 1.13. The molecule has 0 radical (unpaired) electrons. The minimum atomic E-state index is 0.0328. The molecule has 2 aromatic heterocycles. The van der Waals surface area contributed by atoms with Gasteiger partial charge in [0.25, 0.3) is 0 Å². The number of piperidine rings is 1. The molecular weight excluding hydrogens is 446 g/mol. The number of aromatic nitrogens is 3. The highest BCUT2D eigenvalue weighted by atomic mass is 16.1. The molecule has 1 N–H and O–H groups in total. The molecule has 0 unspecified atom stereocenters. The Kier molecular flexibility index (Phi) is 6.77. The van der Waals surface area contributed by atoms with Crippen LogP contribution < -0.4 is 10.2 Å². The molecule has 0 saturated carbocycles. The Balaban J connectivity index is 1.32. The molecule has 0 atom stereocenters. The largest absolute Gasteiger partial charge is 0.355 e. The lowest BCUT2D eigenvalue weighted by molar-refractivity contribution is -0.125. The maximum Gasteiger partial charge on any atom is 0.223 e. The predicted octanol–water partition coefficient (Wildman–Crippen LogP) is 5.25. The second-order valence-corrected chi connectivity index (χ2v) is 10.1. The summed E-state index contributed by atoms with van der Waals surface area (Å²) >= 11 is 0. The molecule has 3 heterocycles. The molecule has 6 nitrogen and oxygen atoms in total. The van der Waals surface area contributed by atoms with Crippen LogP contribution >= 0.6 is 0 Å². The number of nitrogens with one attached hydrogen (secondary N) is 1. The van der Waals surface area contributed by atoms with Gasteiger partial charge in [-0.15, -0.1) is 5.10 Å². The fourth-order valence-corrected chi connectivity index (χ4v) is 5.56. The summed E-state index contributed by atoms with van der Waals surface area (Å²) in [6.07, 6.45) is 1.64. The van der Waals surface area contributed by atoms with Crippen molar-refractivity contribution in [3.05, 3.63) is 88.4 Å². The summed E-state index contributed by atoms with van der Waals surface area (Å²) in [7, 11) is 0. The number of carbonyl (C=O) groups is 1. The topological polar surface area (TPSA) is 63.1 Å². The quantitative estimate of drug-likeness (QED) is 0.409. The highest BCUT2D eigenvalue weighted by Crippen LogP contribution is 2.35. The second kappa shape index (κ2) is 10.1. The first-order valence-corrected chi connectivity index (χ1v) is 12.9. The van der Waals surface area contributed by atoms with Crippen LogP contribution in [0.3, 0.4) is 0 Å². The molecule has 1 aliphatic heterocycles. The van der Waals surface area contributed by atoms with Gasteiger partial charge in [0.2, 0.25) is 5.91 Å². The van der Waals surface area contributed by atoms with Crippen molar-refractivity contribution in [3.63, 3.8) is 0 Å². The Hall–Kier alpha value is -3.67. The van der Waals surface area contributed by atoms with Crippen LogP contribution in [0.4, 0.5) is 5.82 Å². The van der Waals surface area contributed by atoms with E-state index in [2.05, 4.69) is 94.3 Å². The van der Waals surface area contributed by atoms with Crippen molar-refractivity contribution in [2.75, 3.05) is 18.0 Å². The molecule has 1 aliphatic rings. The van der Waals surface area contributed by atoms with E-state index in [1.807, 2.05) is 13.0 Å². The van der Waals surface area contributed by atoms with E-state index in [1.165, 1.54) is 33.3 Å². The van der Waals surface area contributed by atoms with Crippen LogP contribution in [0.25, 0.3) is 10.8 Å². The monoisotopic (exact) mass is 481 g/mol. The van der Waals surface area contributed by atoms with E-state index in [0.29, 0.717) is 6.54 Å². The molecule has 186 valence electrons. The highest BCUT2D eigenvalue weighted by molar-refractivity contribution is 5.98. The lowest BCUT2D eigenvalue weighted by Crippen LogP contribution is -2.40. The minimum Gasteiger partial charge on any atom is -0.355 e. The smallest absolute Gasteiger partial charge is 0.223 e. The summed E-state index contributed by atoms with van der Waals surface area (Å²) in [5.41, 5.74) is 7.05. The first-order valence-electron chi connectivity index (χ1n) is 12.9. The Morgan fingerprint density at radius 2 is 1.58 bits per heavy atom. The Labute approximate surface area is 213 Å². The number of nitrogens with zero attached hydrogens (tertiary/aromatic N) is 4. The van der Waals surface area contributed by atoms with Gasteiger partial charge < -0.3 is 14.8 Å². The SMILES string of the molecule is Cc1cccc(CNC(=O)C2CCN(c3nnc(C)c4c(C)n(Cc5ccccc5)c(C)c34)CC2)c1. The third-order valence-electron chi connectivity index (χ3n) is 7.56. The molecule has 36 heavy (non-hydrogen) atoms. The van der Waals surface area contributed by atoms with Crippen molar-refractivity contribution in [3.8, 4) is 0 Å². The van der Waals surface area contributed by atoms with E-state index >= 15 is 0 Å². The molecule has 0 spiro atoms. The zero-order chi connectivity index (χ0) is 25.2. The Morgan fingerprint density at radius 3 is 2.31 bits per heavy atom. The first-order chi connectivity index (χ1) is 17.4. The number of rotatable bonds is 6. The number of anilines is 1. The van der Waals surface area contributed by atoms with Crippen LogP contribution in [0.5, 0.6) is 0 Å². The molecule has 1 saturated heterocycles.